The Morgan fingerprint density at radius 1 is 1.08 bits per heavy atom. The zero-order valence-corrected chi connectivity index (χ0v) is 20.2. The summed E-state index contributed by atoms with van der Waals surface area (Å²) < 4.78 is 25.0. The van der Waals surface area contributed by atoms with E-state index in [9.17, 15) is 9.18 Å². The van der Waals surface area contributed by atoms with E-state index in [2.05, 4.69) is 22.4 Å². The minimum atomic E-state index is -0.530. The fourth-order valence-corrected chi connectivity index (χ4v) is 4.33. The van der Waals surface area contributed by atoms with Crippen molar-refractivity contribution < 1.29 is 18.4 Å². The molecule has 1 aromatic heterocycles. The lowest BCUT2D eigenvalue weighted by molar-refractivity contribution is 0.244. The topological polar surface area (TPSA) is 80.5 Å². The number of hydrogen-bond donors (Lipinski definition) is 1. The number of aryl methyl sites for hydroxylation is 1. The summed E-state index contributed by atoms with van der Waals surface area (Å²) in [6.45, 7) is 3.88. The van der Waals surface area contributed by atoms with Gasteiger partial charge in [-0.3, -0.25) is 4.90 Å². The van der Waals surface area contributed by atoms with Crippen molar-refractivity contribution in [3.8, 4) is 17.1 Å². The molecular formula is C28H25FN4O3. The number of urea groups is 1. The van der Waals surface area contributed by atoms with Gasteiger partial charge in [-0.1, -0.05) is 42.4 Å². The molecule has 0 saturated carbocycles. The van der Waals surface area contributed by atoms with Gasteiger partial charge in [-0.05, 0) is 66.9 Å². The normalized spacial score (nSPS) is 15.7. The van der Waals surface area contributed by atoms with Gasteiger partial charge in [0.05, 0.1) is 24.4 Å². The van der Waals surface area contributed by atoms with E-state index in [4.69, 9.17) is 9.26 Å². The van der Waals surface area contributed by atoms with Gasteiger partial charge in [0.25, 0.3) is 5.89 Å². The zero-order valence-electron chi connectivity index (χ0n) is 20.2. The van der Waals surface area contributed by atoms with E-state index in [1.54, 1.807) is 26.2 Å². The molecule has 1 unspecified atom stereocenters. The van der Waals surface area contributed by atoms with Gasteiger partial charge >= 0.3 is 6.03 Å². The summed E-state index contributed by atoms with van der Waals surface area (Å²) in [5.74, 6) is 0.954. The zero-order chi connectivity index (χ0) is 25.2. The number of carbonyl (C=O) groups is 1. The number of methoxy groups -OCH3 is 1. The van der Waals surface area contributed by atoms with Gasteiger partial charge in [-0.2, -0.15) is 4.98 Å². The van der Waals surface area contributed by atoms with Crippen LogP contribution in [0, 0.1) is 5.82 Å². The van der Waals surface area contributed by atoms with Crippen LogP contribution in [0.3, 0.4) is 0 Å². The summed E-state index contributed by atoms with van der Waals surface area (Å²) in [5, 5.41) is 7.23. The number of halogens is 1. The number of allylic oxidation sites excluding steroid dienone is 1. The molecule has 8 heteroatoms. The highest BCUT2D eigenvalue weighted by atomic mass is 19.1. The molecule has 2 amide bonds. The Kier molecular flexibility index (Phi) is 6.25. The number of carbonyl (C=O) groups excluding carboxylic acids is 1. The van der Waals surface area contributed by atoms with Crippen LogP contribution in [-0.4, -0.2) is 23.3 Å². The van der Waals surface area contributed by atoms with E-state index in [0.29, 0.717) is 22.8 Å². The van der Waals surface area contributed by atoms with Gasteiger partial charge in [0.1, 0.15) is 11.6 Å². The molecule has 3 aromatic carbocycles. The first-order valence-corrected chi connectivity index (χ1v) is 11.6. The lowest BCUT2D eigenvalue weighted by atomic mass is 9.93. The molecule has 0 radical (unpaired) electrons. The highest BCUT2D eigenvalue weighted by molar-refractivity contribution is 6.01. The maximum Gasteiger partial charge on any atom is 0.327 e. The standard InChI is InChI=1S/C28H25FN4O3/c1-4-18-8-10-19(11-9-18)25-24(17(2)33(28(34)30-25)22-7-5-6-21(29)16-22)27-31-26(32-36-27)20-12-14-23(35-3)15-13-20/h5-16,25H,4H2,1-3H3,(H,30,34). The Morgan fingerprint density at radius 3 is 2.50 bits per heavy atom. The largest absolute Gasteiger partial charge is 0.497 e. The molecule has 4 aromatic rings. The third-order valence-corrected chi connectivity index (χ3v) is 6.28. The molecule has 0 bridgehead atoms. The number of nitrogens with one attached hydrogen (secondary N) is 1. The average molecular weight is 485 g/mol. The van der Waals surface area contributed by atoms with Crippen LogP contribution in [0.5, 0.6) is 5.75 Å². The number of hydrogen-bond acceptors (Lipinski definition) is 5. The Labute approximate surface area is 208 Å². The number of benzene rings is 3. The van der Waals surface area contributed by atoms with Crippen LogP contribution < -0.4 is 15.0 Å². The summed E-state index contributed by atoms with van der Waals surface area (Å²) in [7, 11) is 1.60. The lowest BCUT2D eigenvalue weighted by Crippen LogP contribution is -2.46. The molecule has 1 aliphatic rings. The van der Waals surface area contributed by atoms with E-state index in [1.807, 2.05) is 48.5 Å². The molecule has 2 heterocycles. The van der Waals surface area contributed by atoms with Gasteiger partial charge in [0.15, 0.2) is 0 Å². The van der Waals surface area contributed by atoms with Crippen molar-refractivity contribution in [3.63, 3.8) is 0 Å². The molecule has 1 aliphatic heterocycles. The minimum absolute atomic E-state index is 0.268. The minimum Gasteiger partial charge on any atom is -0.497 e. The van der Waals surface area contributed by atoms with E-state index in [-0.39, 0.29) is 11.9 Å². The first kappa shape index (κ1) is 23.3. The van der Waals surface area contributed by atoms with Crippen molar-refractivity contribution in [1.29, 1.82) is 0 Å². The molecule has 1 atom stereocenters. The maximum atomic E-state index is 14.0. The van der Waals surface area contributed by atoms with Gasteiger partial charge in [-0.15, -0.1) is 0 Å². The molecule has 5 rings (SSSR count). The Morgan fingerprint density at radius 2 is 1.83 bits per heavy atom. The van der Waals surface area contributed by atoms with E-state index < -0.39 is 11.9 Å². The number of ether oxygens (including phenoxy) is 1. The summed E-state index contributed by atoms with van der Waals surface area (Å²) >= 11 is 0. The average Bonchev–Trinajstić information content (AvgIpc) is 3.38. The maximum absolute atomic E-state index is 14.0. The van der Waals surface area contributed by atoms with Crippen LogP contribution in [0.4, 0.5) is 14.9 Å². The molecule has 0 fully saturated rings. The second-order valence-corrected chi connectivity index (χ2v) is 8.44. The van der Waals surface area contributed by atoms with E-state index >= 15 is 0 Å². The van der Waals surface area contributed by atoms with E-state index in [1.165, 1.54) is 22.6 Å². The SMILES string of the molecule is CCc1ccc(C2NC(=O)N(c3cccc(F)c3)C(C)=C2c2nc(-c3ccc(OC)cc3)no2)cc1. The number of amides is 2. The number of nitrogens with zero attached hydrogens (tertiary/aromatic N) is 3. The summed E-state index contributed by atoms with van der Waals surface area (Å²) in [4.78, 5) is 19.4. The highest BCUT2D eigenvalue weighted by Gasteiger charge is 2.36. The van der Waals surface area contributed by atoms with Crippen molar-refractivity contribution in [2.45, 2.75) is 26.3 Å². The monoisotopic (exact) mass is 484 g/mol. The molecule has 0 spiro atoms. The van der Waals surface area contributed by atoms with Crippen molar-refractivity contribution in [3.05, 3.63) is 101 Å². The van der Waals surface area contributed by atoms with Crippen LogP contribution in [0.1, 0.15) is 36.9 Å². The number of aromatic nitrogens is 2. The lowest BCUT2D eigenvalue weighted by Gasteiger charge is -2.35. The summed E-state index contributed by atoms with van der Waals surface area (Å²) in [5.41, 5.74) is 4.42. The summed E-state index contributed by atoms with van der Waals surface area (Å²) in [6.07, 6.45) is 0.904. The van der Waals surface area contributed by atoms with Gasteiger partial charge < -0.3 is 14.6 Å². The smallest absolute Gasteiger partial charge is 0.327 e. The quantitative estimate of drug-likeness (QED) is 0.355. The molecule has 0 aliphatic carbocycles. The van der Waals surface area contributed by atoms with Crippen molar-refractivity contribution in [2.24, 2.45) is 0 Å². The predicted molar refractivity (Wildman–Crippen MR) is 135 cm³/mol. The number of rotatable bonds is 6. The molecule has 182 valence electrons. The first-order chi connectivity index (χ1) is 17.5. The van der Waals surface area contributed by atoms with Crippen molar-refractivity contribution >= 4 is 17.3 Å². The molecule has 7 nitrogen and oxygen atoms in total. The van der Waals surface area contributed by atoms with Crippen LogP contribution >= 0.6 is 0 Å². The fourth-order valence-electron chi connectivity index (χ4n) is 4.33. The Balaban J connectivity index is 1.62. The second-order valence-electron chi connectivity index (χ2n) is 8.44. The number of anilines is 1. The van der Waals surface area contributed by atoms with Gasteiger partial charge in [0.2, 0.25) is 5.82 Å². The highest BCUT2D eigenvalue weighted by Crippen LogP contribution is 2.39. The Bertz CT molecular complexity index is 1430. The van der Waals surface area contributed by atoms with Crippen molar-refractivity contribution in [1.82, 2.24) is 15.5 Å². The molecule has 0 saturated heterocycles. The fraction of sp³-hybridized carbons (Fsp3) is 0.179. The third kappa shape index (κ3) is 4.33. The predicted octanol–water partition coefficient (Wildman–Crippen LogP) is 6.15. The van der Waals surface area contributed by atoms with Crippen LogP contribution in [0.15, 0.2) is 83.0 Å². The van der Waals surface area contributed by atoms with Crippen molar-refractivity contribution in [2.75, 3.05) is 12.0 Å². The molecular weight excluding hydrogens is 459 g/mol. The molecule has 36 heavy (non-hydrogen) atoms. The Hall–Kier alpha value is -4.46. The van der Waals surface area contributed by atoms with Crippen LogP contribution in [0.25, 0.3) is 17.0 Å². The van der Waals surface area contributed by atoms with Gasteiger partial charge in [0, 0.05) is 11.3 Å². The van der Waals surface area contributed by atoms with Crippen LogP contribution in [0.2, 0.25) is 0 Å². The molecule has 1 N–H and O–H groups in total. The first-order valence-electron chi connectivity index (χ1n) is 11.6. The van der Waals surface area contributed by atoms with Crippen LogP contribution in [-0.2, 0) is 6.42 Å². The summed E-state index contributed by atoms with van der Waals surface area (Å²) in [6, 6.07) is 20.3. The second kappa shape index (κ2) is 9.65. The van der Waals surface area contributed by atoms with Gasteiger partial charge in [-0.25, -0.2) is 9.18 Å². The van der Waals surface area contributed by atoms with E-state index in [0.717, 1.165) is 23.3 Å². The third-order valence-electron chi connectivity index (χ3n) is 6.28.